The van der Waals surface area contributed by atoms with Gasteiger partial charge in [0, 0.05) is 7.05 Å². The van der Waals surface area contributed by atoms with E-state index >= 15 is 0 Å². The Labute approximate surface area is 131 Å². The smallest absolute Gasteiger partial charge is 0.410 e. The Morgan fingerprint density at radius 1 is 1.27 bits per heavy atom. The summed E-state index contributed by atoms with van der Waals surface area (Å²) in [6.07, 6.45) is -1.52. The van der Waals surface area contributed by atoms with Crippen molar-refractivity contribution in [2.45, 2.75) is 58.8 Å². The summed E-state index contributed by atoms with van der Waals surface area (Å²) in [5.74, 6) is -0.640. The van der Waals surface area contributed by atoms with Crippen LogP contribution in [0.25, 0.3) is 0 Å². The van der Waals surface area contributed by atoms with Gasteiger partial charge < -0.3 is 14.6 Å². The van der Waals surface area contributed by atoms with E-state index in [9.17, 15) is 14.0 Å². The van der Waals surface area contributed by atoms with Crippen LogP contribution < -0.4 is 0 Å². The van der Waals surface area contributed by atoms with Gasteiger partial charge in [-0.05, 0) is 33.1 Å². The summed E-state index contributed by atoms with van der Waals surface area (Å²) >= 11 is 0. The molecule has 1 amide bonds. The first-order valence-corrected chi connectivity index (χ1v) is 7.35. The monoisotopic (exact) mass is 321 g/mol. The lowest BCUT2D eigenvalue weighted by Gasteiger charge is -2.31. The molecule has 6 nitrogen and oxygen atoms in total. The Morgan fingerprint density at radius 2 is 1.82 bits per heavy atom. The first-order chi connectivity index (χ1) is 10.0. The van der Waals surface area contributed by atoms with E-state index in [0.29, 0.717) is 6.42 Å². The number of halogens is 1. The Kier molecular flexibility index (Phi) is 8.37. The van der Waals surface area contributed by atoms with Crippen LogP contribution in [-0.2, 0) is 14.3 Å². The first-order valence-electron chi connectivity index (χ1n) is 7.35. The molecule has 0 unspecified atom stereocenters. The van der Waals surface area contributed by atoms with E-state index in [-0.39, 0.29) is 5.92 Å². The van der Waals surface area contributed by atoms with Gasteiger partial charge in [-0.15, -0.1) is 0 Å². The summed E-state index contributed by atoms with van der Waals surface area (Å²) in [6.45, 7) is 7.36. The second-order valence-corrected chi connectivity index (χ2v) is 6.63. The zero-order valence-corrected chi connectivity index (χ0v) is 14.3. The lowest BCUT2D eigenvalue weighted by atomic mass is 10.0. The average molecular weight is 321 g/mol. The molecule has 7 heteroatoms. The highest BCUT2D eigenvalue weighted by atomic mass is 19.1. The summed E-state index contributed by atoms with van der Waals surface area (Å²) in [4.78, 5) is 25.4. The molecule has 0 saturated carbocycles. The van der Waals surface area contributed by atoms with Crippen molar-refractivity contribution < 1.29 is 28.6 Å². The molecule has 1 N–H and O–H groups in total. The maximum Gasteiger partial charge on any atom is 0.410 e. The molecule has 0 aromatic carbocycles. The highest BCUT2D eigenvalue weighted by molar-refractivity contribution is 5.81. The standard InChI is InChI=1S/C15H28FNO5/c1-10(2)7-12(13(19)21-11(8-16)9-18)17(6)14(20)22-15(3,4)5/h10-12,18H,7-9H2,1-6H3/t11-,12+/m1/s1. The van der Waals surface area contributed by atoms with E-state index in [1.807, 2.05) is 13.8 Å². The Balaban J connectivity index is 5.02. The number of aliphatic hydroxyl groups is 1. The van der Waals surface area contributed by atoms with Crippen LogP contribution in [0.2, 0.25) is 0 Å². The third kappa shape index (κ3) is 7.59. The van der Waals surface area contributed by atoms with E-state index < -0.39 is 43.1 Å². The third-order valence-electron chi connectivity index (χ3n) is 2.77. The lowest BCUT2D eigenvalue weighted by molar-refractivity contribution is -0.158. The second kappa shape index (κ2) is 8.92. The molecule has 0 fully saturated rings. The van der Waals surface area contributed by atoms with E-state index in [4.69, 9.17) is 14.6 Å². The van der Waals surface area contributed by atoms with Gasteiger partial charge >= 0.3 is 12.1 Å². The minimum absolute atomic E-state index is 0.111. The number of nitrogens with zero attached hydrogens (tertiary/aromatic N) is 1. The number of aliphatic hydroxyl groups excluding tert-OH is 1. The number of hydrogen-bond donors (Lipinski definition) is 1. The Morgan fingerprint density at radius 3 is 2.18 bits per heavy atom. The van der Waals surface area contributed by atoms with Crippen LogP contribution in [0.4, 0.5) is 9.18 Å². The molecule has 0 aliphatic heterocycles. The molecule has 130 valence electrons. The van der Waals surface area contributed by atoms with Gasteiger partial charge in [0.2, 0.25) is 0 Å². The predicted octanol–water partition coefficient (Wildman–Crippen LogP) is 2.14. The van der Waals surface area contributed by atoms with Gasteiger partial charge in [-0.2, -0.15) is 0 Å². The van der Waals surface area contributed by atoms with Gasteiger partial charge in [0.15, 0.2) is 6.10 Å². The number of alkyl halides is 1. The maximum absolute atomic E-state index is 12.6. The maximum atomic E-state index is 12.6. The zero-order chi connectivity index (χ0) is 17.5. The van der Waals surface area contributed by atoms with Crippen molar-refractivity contribution in [3.05, 3.63) is 0 Å². The van der Waals surface area contributed by atoms with Gasteiger partial charge in [0.25, 0.3) is 0 Å². The van der Waals surface area contributed by atoms with Crippen LogP contribution in [0.1, 0.15) is 41.0 Å². The first kappa shape index (κ1) is 20.6. The molecule has 0 aromatic rings. The fraction of sp³-hybridized carbons (Fsp3) is 0.867. The average Bonchev–Trinajstić information content (AvgIpc) is 2.38. The highest BCUT2D eigenvalue weighted by Gasteiger charge is 2.33. The van der Waals surface area contributed by atoms with Crippen LogP contribution in [0.3, 0.4) is 0 Å². The van der Waals surface area contributed by atoms with Crippen molar-refractivity contribution in [1.29, 1.82) is 0 Å². The predicted molar refractivity (Wildman–Crippen MR) is 80.2 cm³/mol. The van der Waals surface area contributed by atoms with Gasteiger partial charge in [0.1, 0.15) is 18.3 Å². The third-order valence-corrected chi connectivity index (χ3v) is 2.77. The highest BCUT2D eigenvalue weighted by Crippen LogP contribution is 2.17. The van der Waals surface area contributed by atoms with Crippen molar-refractivity contribution in [1.82, 2.24) is 4.90 Å². The topological polar surface area (TPSA) is 76.1 Å². The quantitative estimate of drug-likeness (QED) is 0.727. The Hall–Kier alpha value is -1.37. The van der Waals surface area contributed by atoms with Crippen LogP contribution in [-0.4, -0.2) is 60.1 Å². The molecule has 0 rings (SSSR count). The van der Waals surface area contributed by atoms with Crippen LogP contribution in [0, 0.1) is 5.92 Å². The van der Waals surface area contributed by atoms with E-state index in [2.05, 4.69) is 0 Å². The summed E-state index contributed by atoms with van der Waals surface area (Å²) in [7, 11) is 1.44. The van der Waals surface area contributed by atoms with E-state index in [1.54, 1.807) is 20.8 Å². The fourth-order valence-electron chi connectivity index (χ4n) is 1.68. The number of likely N-dealkylation sites (N-methyl/N-ethyl adjacent to an activating group) is 1. The van der Waals surface area contributed by atoms with Gasteiger partial charge in [-0.25, -0.2) is 14.0 Å². The fourth-order valence-corrected chi connectivity index (χ4v) is 1.68. The molecule has 0 aliphatic carbocycles. The summed E-state index contributed by atoms with van der Waals surface area (Å²) in [5.41, 5.74) is -0.690. The molecule has 0 radical (unpaired) electrons. The SMILES string of the molecule is CC(C)C[C@@H](C(=O)O[C@@H](CO)CF)N(C)C(=O)OC(C)(C)C. The van der Waals surface area contributed by atoms with Crippen molar-refractivity contribution in [2.24, 2.45) is 5.92 Å². The van der Waals surface area contributed by atoms with Crippen LogP contribution in [0.5, 0.6) is 0 Å². The minimum Gasteiger partial charge on any atom is -0.456 e. The number of amides is 1. The van der Waals surface area contributed by atoms with Crippen molar-refractivity contribution >= 4 is 12.1 Å². The molecular formula is C15H28FNO5. The van der Waals surface area contributed by atoms with Crippen molar-refractivity contribution in [2.75, 3.05) is 20.3 Å². The number of carbonyl (C=O) groups is 2. The molecule has 0 spiro atoms. The van der Waals surface area contributed by atoms with E-state index in [1.165, 1.54) is 7.05 Å². The molecule has 0 saturated heterocycles. The van der Waals surface area contributed by atoms with Crippen molar-refractivity contribution in [3.8, 4) is 0 Å². The van der Waals surface area contributed by atoms with Crippen molar-refractivity contribution in [3.63, 3.8) is 0 Å². The largest absolute Gasteiger partial charge is 0.456 e. The second-order valence-electron chi connectivity index (χ2n) is 6.63. The Bertz CT molecular complexity index is 363. The number of esters is 1. The minimum atomic E-state index is -1.21. The molecule has 0 aliphatic rings. The van der Waals surface area contributed by atoms with Gasteiger partial charge in [0.05, 0.1) is 6.61 Å². The summed E-state index contributed by atoms with van der Waals surface area (Å²) in [5, 5.41) is 8.92. The summed E-state index contributed by atoms with van der Waals surface area (Å²) in [6, 6.07) is -0.893. The molecule has 0 bridgehead atoms. The molecule has 2 atom stereocenters. The molecular weight excluding hydrogens is 293 g/mol. The number of ether oxygens (including phenoxy) is 2. The lowest BCUT2D eigenvalue weighted by Crippen LogP contribution is -2.47. The zero-order valence-electron chi connectivity index (χ0n) is 14.3. The van der Waals surface area contributed by atoms with Gasteiger partial charge in [-0.1, -0.05) is 13.8 Å². The van der Waals surface area contributed by atoms with E-state index in [0.717, 1.165) is 4.90 Å². The van der Waals surface area contributed by atoms with Gasteiger partial charge in [-0.3, -0.25) is 4.90 Å². The number of rotatable bonds is 7. The normalized spacial score (nSPS) is 14.4. The van der Waals surface area contributed by atoms with Crippen LogP contribution in [0.15, 0.2) is 0 Å². The molecule has 0 aromatic heterocycles. The summed E-state index contributed by atoms with van der Waals surface area (Å²) < 4.78 is 22.7. The molecule has 22 heavy (non-hydrogen) atoms. The number of hydrogen-bond acceptors (Lipinski definition) is 5. The number of carbonyl (C=O) groups excluding carboxylic acids is 2. The van der Waals surface area contributed by atoms with Crippen LogP contribution >= 0.6 is 0 Å². The molecule has 0 heterocycles.